The van der Waals surface area contributed by atoms with Gasteiger partial charge in [0.15, 0.2) is 0 Å². The van der Waals surface area contributed by atoms with Crippen LogP contribution >= 0.6 is 0 Å². The standard InChI is InChI=1S/C6H9NO2/c1-2-6(3-4-6)7-5(8)9/h2,7H,1,3-4H2,(H,8,9). The molecule has 0 saturated heterocycles. The quantitative estimate of drug-likeness (QED) is 0.543. The van der Waals surface area contributed by atoms with Gasteiger partial charge in [0.1, 0.15) is 0 Å². The maximum atomic E-state index is 10.1. The van der Waals surface area contributed by atoms with E-state index in [1.807, 2.05) is 0 Å². The van der Waals surface area contributed by atoms with E-state index in [1.165, 1.54) is 0 Å². The second-order valence-corrected chi connectivity index (χ2v) is 2.29. The molecule has 0 atom stereocenters. The summed E-state index contributed by atoms with van der Waals surface area (Å²) in [5.74, 6) is 0. The second-order valence-electron chi connectivity index (χ2n) is 2.29. The first kappa shape index (κ1) is 6.13. The molecular weight excluding hydrogens is 118 g/mol. The predicted octanol–water partition coefficient (Wildman–Crippen LogP) is 0.973. The molecule has 2 N–H and O–H groups in total. The van der Waals surface area contributed by atoms with Gasteiger partial charge in [-0.2, -0.15) is 0 Å². The van der Waals surface area contributed by atoms with E-state index in [0.717, 1.165) is 12.8 Å². The van der Waals surface area contributed by atoms with Crippen LogP contribution in [0.25, 0.3) is 0 Å². The highest BCUT2D eigenvalue weighted by molar-refractivity contribution is 5.67. The SMILES string of the molecule is C=CC1(NC(=O)O)CC1. The van der Waals surface area contributed by atoms with Crippen molar-refractivity contribution in [2.75, 3.05) is 0 Å². The van der Waals surface area contributed by atoms with Gasteiger partial charge in [0.25, 0.3) is 0 Å². The minimum Gasteiger partial charge on any atom is -0.465 e. The molecule has 1 aliphatic carbocycles. The molecule has 1 rings (SSSR count). The number of rotatable bonds is 2. The van der Waals surface area contributed by atoms with Crippen molar-refractivity contribution < 1.29 is 9.90 Å². The lowest BCUT2D eigenvalue weighted by Gasteiger charge is -2.06. The smallest absolute Gasteiger partial charge is 0.405 e. The van der Waals surface area contributed by atoms with Crippen LogP contribution in [0.15, 0.2) is 12.7 Å². The Labute approximate surface area is 53.4 Å². The van der Waals surface area contributed by atoms with Gasteiger partial charge in [0.2, 0.25) is 0 Å². The van der Waals surface area contributed by atoms with Gasteiger partial charge in [-0.25, -0.2) is 4.79 Å². The van der Waals surface area contributed by atoms with Crippen LogP contribution in [-0.4, -0.2) is 16.7 Å². The van der Waals surface area contributed by atoms with Crippen LogP contribution in [-0.2, 0) is 0 Å². The zero-order valence-corrected chi connectivity index (χ0v) is 5.05. The summed E-state index contributed by atoms with van der Waals surface area (Å²) >= 11 is 0. The maximum Gasteiger partial charge on any atom is 0.405 e. The molecule has 3 heteroatoms. The Morgan fingerprint density at radius 2 is 2.33 bits per heavy atom. The van der Waals surface area contributed by atoms with Crippen molar-refractivity contribution in [3.8, 4) is 0 Å². The van der Waals surface area contributed by atoms with Crippen LogP contribution < -0.4 is 5.32 Å². The Morgan fingerprint density at radius 1 is 1.78 bits per heavy atom. The van der Waals surface area contributed by atoms with Gasteiger partial charge < -0.3 is 10.4 Å². The second kappa shape index (κ2) is 1.76. The zero-order chi connectivity index (χ0) is 6.91. The van der Waals surface area contributed by atoms with Gasteiger partial charge in [-0.1, -0.05) is 6.08 Å². The molecule has 0 spiro atoms. The number of hydrogen-bond acceptors (Lipinski definition) is 1. The summed E-state index contributed by atoms with van der Waals surface area (Å²) in [6.07, 6.45) is 2.47. The van der Waals surface area contributed by atoms with Gasteiger partial charge in [0, 0.05) is 0 Å². The summed E-state index contributed by atoms with van der Waals surface area (Å²) in [5.41, 5.74) is -0.272. The molecule has 3 nitrogen and oxygen atoms in total. The fraction of sp³-hybridized carbons (Fsp3) is 0.500. The third kappa shape index (κ3) is 1.22. The summed E-state index contributed by atoms with van der Waals surface area (Å²) in [7, 11) is 0. The van der Waals surface area contributed by atoms with Crippen LogP contribution in [0.4, 0.5) is 4.79 Å². The first-order chi connectivity index (χ1) is 4.18. The number of carboxylic acid groups (broad SMARTS) is 1. The number of carbonyl (C=O) groups is 1. The first-order valence-electron chi connectivity index (χ1n) is 2.83. The lowest BCUT2D eigenvalue weighted by molar-refractivity contribution is 0.191. The minimum absolute atomic E-state index is 0.272. The van der Waals surface area contributed by atoms with E-state index < -0.39 is 6.09 Å². The summed E-state index contributed by atoms with van der Waals surface area (Å²) < 4.78 is 0. The molecule has 1 amide bonds. The summed E-state index contributed by atoms with van der Waals surface area (Å²) in [6.45, 7) is 3.52. The average Bonchev–Trinajstić information content (AvgIpc) is 2.48. The summed E-state index contributed by atoms with van der Waals surface area (Å²) in [5, 5.41) is 10.6. The van der Waals surface area contributed by atoms with Gasteiger partial charge in [-0.15, -0.1) is 6.58 Å². The minimum atomic E-state index is -0.965. The fourth-order valence-corrected chi connectivity index (χ4v) is 0.728. The van der Waals surface area contributed by atoms with E-state index in [4.69, 9.17) is 5.11 Å². The van der Waals surface area contributed by atoms with E-state index >= 15 is 0 Å². The molecule has 0 radical (unpaired) electrons. The molecule has 1 aliphatic rings. The molecule has 50 valence electrons. The van der Waals surface area contributed by atoms with Crippen molar-refractivity contribution in [1.82, 2.24) is 5.32 Å². The van der Waals surface area contributed by atoms with Gasteiger partial charge in [-0.05, 0) is 12.8 Å². The van der Waals surface area contributed by atoms with Crippen molar-refractivity contribution in [3.05, 3.63) is 12.7 Å². The zero-order valence-electron chi connectivity index (χ0n) is 5.05. The predicted molar refractivity (Wildman–Crippen MR) is 33.3 cm³/mol. The van der Waals surface area contributed by atoms with Crippen molar-refractivity contribution in [2.45, 2.75) is 18.4 Å². The number of nitrogens with one attached hydrogen (secondary N) is 1. The Morgan fingerprint density at radius 3 is 2.44 bits per heavy atom. The molecule has 0 bridgehead atoms. The van der Waals surface area contributed by atoms with Crippen molar-refractivity contribution in [2.24, 2.45) is 0 Å². The molecule has 0 unspecified atom stereocenters. The molecule has 9 heavy (non-hydrogen) atoms. The van der Waals surface area contributed by atoms with Crippen LogP contribution in [0.5, 0.6) is 0 Å². The molecule has 1 fully saturated rings. The molecule has 0 aliphatic heterocycles. The fourth-order valence-electron chi connectivity index (χ4n) is 0.728. The average molecular weight is 127 g/mol. The van der Waals surface area contributed by atoms with Crippen LogP contribution in [0.3, 0.4) is 0 Å². The van der Waals surface area contributed by atoms with E-state index in [2.05, 4.69) is 11.9 Å². The highest BCUT2D eigenvalue weighted by Gasteiger charge is 2.40. The molecular formula is C6H9NO2. The normalized spacial score (nSPS) is 20.4. The highest BCUT2D eigenvalue weighted by atomic mass is 16.4. The summed E-state index contributed by atoms with van der Waals surface area (Å²) in [4.78, 5) is 10.1. The van der Waals surface area contributed by atoms with Crippen LogP contribution in [0.1, 0.15) is 12.8 Å². The molecule has 1 saturated carbocycles. The topological polar surface area (TPSA) is 49.3 Å². The largest absolute Gasteiger partial charge is 0.465 e. The van der Waals surface area contributed by atoms with Crippen molar-refractivity contribution >= 4 is 6.09 Å². The lowest BCUT2D eigenvalue weighted by atomic mass is 10.3. The van der Waals surface area contributed by atoms with Crippen molar-refractivity contribution in [1.29, 1.82) is 0 Å². The third-order valence-corrected chi connectivity index (χ3v) is 1.54. The van der Waals surface area contributed by atoms with Gasteiger partial charge in [-0.3, -0.25) is 0 Å². The van der Waals surface area contributed by atoms with Crippen molar-refractivity contribution in [3.63, 3.8) is 0 Å². The highest BCUT2D eigenvalue weighted by Crippen LogP contribution is 2.35. The van der Waals surface area contributed by atoms with Gasteiger partial charge in [0.05, 0.1) is 5.54 Å². The van der Waals surface area contributed by atoms with E-state index in [-0.39, 0.29) is 5.54 Å². The molecule has 0 aromatic carbocycles. The molecule has 0 aromatic rings. The number of hydrogen-bond donors (Lipinski definition) is 2. The Kier molecular flexibility index (Phi) is 1.20. The van der Waals surface area contributed by atoms with E-state index in [9.17, 15) is 4.79 Å². The number of amides is 1. The van der Waals surface area contributed by atoms with E-state index in [0.29, 0.717) is 0 Å². The van der Waals surface area contributed by atoms with Crippen LogP contribution in [0, 0.1) is 0 Å². The first-order valence-corrected chi connectivity index (χ1v) is 2.83. The lowest BCUT2D eigenvalue weighted by Crippen LogP contribution is -2.33. The third-order valence-electron chi connectivity index (χ3n) is 1.54. The molecule has 0 aromatic heterocycles. The monoisotopic (exact) mass is 127 g/mol. The summed E-state index contributed by atoms with van der Waals surface area (Å²) in [6, 6.07) is 0. The van der Waals surface area contributed by atoms with E-state index in [1.54, 1.807) is 6.08 Å². The van der Waals surface area contributed by atoms with Crippen LogP contribution in [0.2, 0.25) is 0 Å². The maximum absolute atomic E-state index is 10.1. The Balaban J connectivity index is 2.42. The Hall–Kier alpha value is -0.990. The Bertz CT molecular complexity index is 149. The molecule has 0 heterocycles. The van der Waals surface area contributed by atoms with Gasteiger partial charge >= 0.3 is 6.09 Å².